The quantitative estimate of drug-likeness (QED) is 0.670. The normalized spacial score (nSPS) is 22.3. The number of carbonyl (C=O) groups excluding carboxylic acids is 3. The van der Waals surface area contributed by atoms with E-state index in [0.717, 1.165) is 4.90 Å². The maximum atomic E-state index is 11.7. The minimum Gasteiger partial charge on any atom is -0.344 e. The van der Waals surface area contributed by atoms with Crippen LogP contribution in [-0.2, 0) is 14.4 Å². The summed E-state index contributed by atoms with van der Waals surface area (Å²) in [4.78, 5) is 35.8. The molecular weight excluding hydrogens is 234 g/mol. The largest absolute Gasteiger partial charge is 0.344 e. The van der Waals surface area contributed by atoms with Crippen LogP contribution in [0.25, 0.3) is 0 Å². The Morgan fingerprint density at radius 3 is 2.67 bits per heavy atom. The molecule has 1 fully saturated rings. The van der Waals surface area contributed by atoms with Gasteiger partial charge in [0, 0.05) is 25.9 Å². The smallest absolute Gasteiger partial charge is 0.251 e. The van der Waals surface area contributed by atoms with Crippen molar-refractivity contribution in [3.8, 4) is 0 Å². The van der Waals surface area contributed by atoms with Crippen LogP contribution in [0.4, 0.5) is 0 Å². The number of hydrogen-bond acceptors (Lipinski definition) is 4. The lowest BCUT2D eigenvalue weighted by Gasteiger charge is -2.28. The second-order valence-electron chi connectivity index (χ2n) is 5.06. The third-order valence-corrected chi connectivity index (χ3v) is 3.26. The molecule has 2 unspecified atom stereocenters. The number of carbonyl (C=O) groups is 3. The Kier molecular flexibility index (Phi) is 4.84. The van der Waals surface area contributed by atoms with Crippen molar-refractivity contribution in [3.63, 3.8) is 0 Å². The highest BCUT2D eigenvalue weighted by Crippen LogP contribution is 2.12. The number of rotatable bonds is 4. The van der Waals surface area contributed by atoms with Crippen LogP contribution in [0.3, 0.4) is 0 Å². The minimum absolute atomic E-state index is 0.194. The number of hydrogen-bond donors (Lipinski definition) is 2. The van der Waals surface area contributed by atoms with Crippen molar-refractivity contribution in [1.82, 2.24) is 10.2 Å². The number of piperidine rings is 1. The number of imide groups is 1. The van der Waals surface area contributed by atoms with Crippen molar-refractivity contribution in [3.05, 3.63) is 0 Å². The first kappa shape index (κ1) is 14.6. The summed E-state index contributed by atoms with van der Waals surface area (Å²) in [5.41, 5.74) is 5.80. The standard InChI is InChI=1S/C12H21N3O3/c1-7(2)8(13)6-10(16)14-9-4-5-11(17)15(3)12(9)18/h7-9H,4-6,13H2,1-3H3,(H,14,16). The summed E-state index contributed by atoms with van der Waals surface area (Å²) in [6, 6.07) is -0.817. The molecule has 3 amide bonds. The molecule has 2 atom stereocenters. The third-order valence-electron chi connectivity index (χ3n) is 3.26. The molecule has 0 aromatic rings. The van der Waals surface area contributed by atoms with E-state index >= 15 is 0 Å². The molecule has 1 aliphatic heterocycles. The highest BCUT2D eigenvalue weighted by atomic mass is 16.2. The minimum atomic E-state index is -0.598. The summed E-state index contributed by atoms with van der Waals surface area (Å²) in [5.74, 6) is -0.582. The van der Waals surface area contributed by atoms with Crippen molar-refractivity contribution < 1.29 is 14.4 Å². The van der Waals surface area contributed by atoms with Crippen molar-refractivity contribution in [2.45, 2.75) is 45.2 Å². The van der Waals surface area contributed by atoms with Crippen LogP contribution in [0.1, 0.15) is 33.1 Å². The fraction of sp³-hybridized carbons (Fsp3) is 0.750. The number of amides is 3. The SMILES string of the molecule is CC(C)C(N)CC(=O)NC1CCC(=O)N(C)C1=O. The molecule has 1 aliphatic rings. The molecule has 0 aliphatic carbocycles. The zero-order valence-corrected chi connectivity index (χ0v) is 11.1. The molecule has 0 bridgehead atoms. The van der Waals surface area contributed by atoms with Crippen LogP contribution in [0.15, 0.2) is 0 Å². The summed E-state index contributed by atoms with van der Waals surface area (Å²) in [6.45, 7) is 3.88. The number of likely N-dealkylation sites (N-methyl/N-ethyl adjacent to an activating group) is 1. The summed E-state index contributed by atoms with van der Waals surface area (Å²) in [6.07, 6.45) is 0.840. The molecule has 0 spiro atoms. The van der Waals surface area contributed by atoms with Crippen LogP contribution in [0.2, 0.25) is 0 Å². The van der Waals surface area contributed by atoms with Crippen molar-refractivity contribution in [2.75, 3.05) is 7.05 Å². The molecule has 1 saturated heterocycles. The van der Waals surface area contributed by atoms with Gasteiger partial charge in [0.25, 0.3) is 5.91 Å². The van der Waals surface area contributed by atoms with E-state index in [1.54, 1.807) is 0 Å². The number of nitrogens with one attached hydrogen (secondary N) is 1. The predicted octanol–water partition coefficient (Wildman–Crippen LogP) is -0.377. The van der Waals surface area contributed by atoms with Crippen molar-refractivity contribution >= 4 is 17.7 Å². The molecule has 102 valence electrons. The van der Waals surface area contributed by atoms with Gasteiger partial charge in [0.15, 0.2) is 0 Å². The van der Waals surface area contributed by atoms with E-state index in [4.69, 9.17) is 5.73 Å². The first-order valence-corrected chi connectivity index (χ1v) is 6.18. The predicted molar refractivity (Wildman–Crippen MR) is 66.4 cm³/mol. The van der Waals surface area contributed by atoms with Gasteiger partial charge in [-0.1, -0.05) is 13.8 Å². The lowest BCUT2D eigenvalue weighted by molar-refractivity contribution is -0.149. The highest BCUT2D eigenvalue weighted by molar-refractivity contribution is 6.01. The fourth-order valence-corrected chi connectivity index (χ4v) is 1.75. The van der Waals surface area contributed by atoms with Crippen LogP contribution in [0, 0.1) is 5.92 Å². The Bertz CT molecular complexity index is 354. The number of nitrogens with zero attached hydrogens (tertiary/aromatic N) is 1. The summed E-state index contributed by atoms with van der Waals surface area (Å²) < 4.78 is 0. The highest BCUT2D eigenvalue weighted by Gasteiger charge is 2.32. The van der Waals surface area contributed by atoms with Gasteiger partial charge in [-0.3, -0.25) is 19.3 Å². The summed E-state index contributed by atoms with van der Waals surface area (Å²) in [5, 5.41) is 2.64. The van der Waals surface area contributed by atoms with Gasteiger partial charge in [-0.25, -0.2) is 0 Å². The van der Waals surface area contributed by atoms with Crippen molar-refractivity contribution in [2.24, 2.45) is 11.7 Å². The van der Waals surface area contributed by atoms with Crippen LogP contribution < -0.4 is 11.1 Å². The molecule has 1 heterocycles. The molecule has 0 aromatic carbocycles. The topological polar surface area (TPSA) is 92.5 Å². The maximum absolute atomic E-state index is 11.7. The van der Waals surface area contributed by atoms with Gasteiger partial charge in [-0.05, 0) is 12.3 Å². The first-order chi connectivity index (χ1) is 8.32. The van der Waals surface area contributed by atoms with E-state index in [2.05, 4.69) is 5.32 Å². The second-order valence-corrected chi connectivity index (χ2v) is 5.06. The van der Waals surface area contributed by atoms with Gasteiger partial charge in [-0.2, -0.15) is 0 Å². The molecular formula is C12H21N3O3. The van der Waals surface area contributed by atoms with Crippen LogP contribution >= 0.6 is 0 Å². The van der Waals surface area contributed by atoms with Gasteiger partial charge >= 0.3 is 0 Å². The van der Waals surface area contributed by atoms with Gasteiger partial charge in [-0.15, -0.1) is 0 Å². The Morgan fingerprint density at radius 1 is 1.50 bits per heavy atom. The van der Waals surface area contributed by atoms with E-state index in [9.17, 15) is 14.4 Å². The van der Waals surface area contributed by atoms with Crippen LogP contribution in [-0.4, -0.2) is 41.8 Å². The molecule has 18 heavy (non-hydrogen) atoms. The summed E-state index contributed by atoms with van der Waals surface area (Å²) >= 11 is 0. The average Bonchev–Trinajstić information content (AvgIpc) is 2.29. The van der Waals surface area contributed by atoms with Crippen molar-refractivity contribution in [1.29, 1.82) is 0 Å². The molecule has 0 radical (unpaired) electrons. The van der Waals surface area contributed by atoms with E-state index in [-0.39, 0.29) is 42.5 Å². The Morgan fingerprint density at radius 2 is 2.11 bits per heavy atom. The lowest BCUT2D eigenvalue weighted by Crippen LogP contribution is -2.53. The molecule has 0 saturated carbocycles. The van der Waals surface area contributed by atoms with Gasteiger partial charge < -0.3 is 11.1 Å². The fourth-order valence-electron chi connectivity index (χ4n) is 1.75. The zero-order valence-electron chi connectivity index (χ0n) is 11.1. The van der Waals surface area contributed by atoms with Crippen LogP contribution in [0.5, 0.6) is 0 Å². The van der Waals surface area contributed by atoms with E-state index < -0.39 is 6.04 Å². The first-order valence-electron chi connectivity index (χ1n) is 6.18. The molecule has 6 nitrogen and oxygen atoms in total. The van der Waals surface area contributed by atoms with E-state index in [0.29, 0.717) is 6.42 Å². The Labute approximate surface area is 107 Å². The van der Waals surface area contributed by atoms with Gasteiger partial charge in [0.2, 0.25) is 11.8 Å². The number of nitrogens with two attached hydrogens (primary N) is 1. The molecule has 6 heteroatoms. The Balaban J connectivity index is 2.50. The maximum Gasteiger partial charge on any atom is 0.251 e. The monoisotopic (exact) mass is 255 g/mol. The molecule has 1 rings (SSSR count). The second kappa shape index (κ2) is 5.95. The van der Waals surface area contributed by atoms with E-state index in [1.165, 1.54) is 7.05 Å². The number of likely N-dealkylation sites (tertiary alicyclic amines) is 1. The van der Waals surface area contributed by atoms with Gasteiger partial charge in [0.1, 0.15) is 6.04 Å². The van der Waals surface area contributed by atoms with E-state index in [1.807, 2.05) is 13.8 Å². The molecule has 3 N–H and O–H groups in total. The lowest BCUT2D eigenvalue weighted by atomic mass is 10.0. The average molecular weight is 255 g/mol. The molecule has 0 aromatic heterocycles. The zero-order chi connectivity index (χ0) is 13.9. The third kappa shape index (κ3) is 3.53. The Hall–Kier alpha value is -1.43. The van der Waals surface area contributed by atoms with Gasteiger partial charge in [0.05, 0.1) is 0 Å². The summed E-state index contributed by atoms with van der Waals surface area (Å²) in [7, 11) is 1.43.